The third-order valence-electron chi connectivity index (χ3n) is 8.54. The SMILES string of the molecule is C[C@]12CC[C@@H]3c4ccc(O)cc4CC[C@H]3[C@@H]1CC[C@H]2OC(=O)c1ccc[n+](CCCO)c1. The van der Waals surface area contributed by atoms with Crippen LogP contribution in [0.5, 0.6) is 5.75 Å². The number of benzene rings is 1. The lowest BCUT2D eigenvalue weighted by Crippen LogP contribution is -2.45. The second kappa shape index (κ2) is 8.51. The molecule has 2 saturated carbocycles. The second-order valence-electron chi connectivity index (χ2n) is 10.2. The molecule has 32 heavy (non-hydrogen) atoms. The Morgan fingerprint density at radius 3 is 2.94 bits per heavy atom. The molecule has 2 fully saturated rings. The lowest BCUT2D eigenvalue weighted by atomic mass is 9.55. The van der Waals surface area contributed by atoms with Crippen LogP contribution in [0.1, 0.15) is 72.9 Å². The molecule has 0 spiro atoms. The molecule has 0 saturated heterocycles. The number of pyridine rings is 1. The highest BCUT2D eigenvalue weighted by Crippen LogP contribution is 2.61. The van der Waals surface area contributed by atoms with Crippen molar-refractivity contribution in [2.75, 3.05) is 6.61 Å². The van der Waals surface area contributed by atoms with Crippen molar-refractivity contribution in [2.24, 2.45) is 17.3 Å². The van der Waals surface area contributed by atoms with Crippen molar-refractivity contribution in [3.8, 4) is 5.75 Å². The zero-order valence-electron chi connectivity index (χ0n) is 18.9. The molecule has 0 bridgehead atoms. The summed E-state index contributed by atoms with van der Waals surface area (Å²) in [6.45, 7) is 3.16. The lowest BCUT2D eigenvalue weighted by molar-refractivity contribution is -0.697. The van der Waals surface area contributed by atoms with E-state index >= 15 is 0 Å². The molecule has 170 valence electrons. The van der Waals surface area contributed by atoms with Crippen LogP contribution in [0.3, 0.4) is 0 Å². The van der Waals surface area contributed by atoms with E-state index in [1.807, 2.05) is 41.2 Å². The molecule has 5 nitrogen and oxygen atoms in total. The van der Waals surface area contributed by atoms with E-state index in [1.54, 1.807) is 0 Å². The van der Waals surface area contributed by atoms with Crippen molar-refractivity contribution in [1.82, 2.24) is 0 Å². The average Bonchev–Trinajstić information content (AvgIpc) is 3.13. The van der Waals surface area contributed by atoms with Crippen LogP contribution in [0.15, 0.2) is 42.7 Å². The van der Waals surface area contributed by atoms with Crippen molar-refractivity contribution in [3.05, 3.63) is 59.4 Å². The molecule has 1 aromatic heterocycles. The molecule has 0 amide bonds. The molecule has 0 unspecified atom stereocenters. The first kappa shape index (κ1) is 21.4. The Labute approximate surface area is 190 Å². The van der Waals surface area contributed by atoms with E-state index in [2.05, 4.69) is 13.0 Å². The quantitative estimate of drug-likeness (QED) is 0.546. The van der Waals surface area contributed by atoms with Gasteiger partial charge in [-0.15, -0.1) is 0 Å². The number of aromatic hydroxyl groups is 1. The number of hydrogen-bond acceptors (Lipinski definition) is 4. The molecule has 1 aromatic carbocycles. The lowest BCUT2D eigenvalue weighted by Gasteiger charge is -2.50. The predicted molar refractivity (Wildman–Crippen MR) is 120 cm³/mol. The molecule has 0 aliphatic heterocycles. The Morgan fingerprint density at radius 1 is 1.22 bits per heavy atom. The van der Waals surface area contributed by atoms with Crippen LogP contribution in [0.2, 0.25) is 0 Å². The third-order valence-corrected chi connectivity index (χ3v) is 8.54. The van der Waals surface area contributed by atoms with Gasteiger partial charge in [0.1, 0.15) is 17.4 Å². The number of nitrogens with zero attached hydrogens (tertiary/aromatic N) is 1. The van der Waals surface area contributed by atoms with E-state index in [0.29, 0.717) is 42.0 Å². The number of phenols is 1. The normalized spacial score (nSPS) is 30.8. The molecule has 1 heterocycles. The van der Waals surface area contributed by atoms with Gasteiger partial charge < -0.3 is 14.9 Å². The first-order valence-corrected chi connectivity index (χ1v) is 12.1. The summed E-state index contributed by atoms with van der Waals surface area (Å²) in [4.78, 5) is 13.0. The second-order valence-corrected chi connectivity index (χ2v) is 10.2. The van der Waals surface area contributed by atoms with E-state index in [0.717, 1.165) is 38.5 Å². The van der Waals surface area contributed by atoms with Gasteiger partial charge in [-0.2, -0.15) is 0 Å². The van der Waals surface area contributed by atoms with Crippen LogP contribution < -0.4 is 4.57 Å². The summed E-state index contributed by atoms with van der Waals surface area (Å²) in [7, 11) is 0. The highest BCUT2D eigenvalue weighted by atomic mass is 16.5. The van der Waals surface area contributed by atoms with Crippen LogP contribution in [-0.2, 0) is 17.7 Å². The van der Waals surface area contributed by atoms with Gasteiger partial charge in [-0.3, -0.25) is 0 Å². The molecule has 2 aromatic rings. The first-order valence-electron chi connectivity index (χ1n) is 12.1. The van der Waals surface area contributed by atoms with Gasteiger partial charge in [0.05, 0.1) is 0 Å². The fraction of sp³-hybridized carbons (Fsp3) is 0.556. The van der Waals surface area contributed by atoms with Crippen molar-refractivity contribution in [2.45, 2.75) is 70.4 Å². The standard InChI is InChI=1S/C27H33NO4/c1-27-12-11-22-21-8-6-20(30)16-18(21)5-7-23(22)24(27)9-10-25(27)32-26(31)19-4-2-13-28(17-19)14-3-15-29/h2,4,6,8,13,16-17,22-25,29H,3,5,7,9-12,14-15H2,1H3/p+1/t22-,23-,24+,25-,27+/m1/s1. The number of aliphatic hydroxyl groups excluding tert-OH is 1. The van der Waals surface area contributed by atoms with Gasteiger partial charge in [-0.1, -0.05) is 13.0 Å². The van der Waals surface area contributed by atoms with Crippen LogP contribution >= 0.6 is 0 Å². The van der Waals surface area contributed by atoms with E-state index in [9.17, 15) is 9.90 Å². The minimum absolute atomic E-state index is 0.0340. The van der Waals surface area contributed by atoms with Crippen LogP contribution in [0.4, 0.5) is 0 Å². The minimum Gasteiger partial charge on any atom is -0.508 e. The Balaban J connectivity index is 1.31. The topological polar surface area (TPSA) is 70.6 Å². The number of rotatable bonds is 5. The number of ether oxygens (including phenoxy) is 1. The summed E-state index contributed by atoms with van der Waals surface area (Å²) >= 11 is 0. The van der Waals surface area contributed by atoms with Crippen molar-refractivity contribution in [1.29, 1.82) is 0 Å². The van der Waals surface area contributed by atoms with Crippen LogP contribution in [0, 0.1) is 17.3 Å². The third kappa shape index (κ3) is 3.71. The zero-order chi connectivity index (χ0) is 22.3. The van der Waals surface area contributed by atoms with Gasteiger partial charge in [0, 0.05) is 24.5 Å². The maximum atomic E-state index is 13.0. The summed E-state index contributed by atoms with van der Waals surface area (Å²) in [6.07, 6.45) is 10.8. The van der Waals surface area contributed by atoms with Crippen molar-refractivity contribution < 1.29 is 24.3 Å². The number of carbonyl (C=O) groups excluding carboxylic acids is 1. The highest BCUT2D eigenvalue weighted by molar-refractivity contribution is 5.88. The average molecular weight is 437 g/mol. The number of esters is 1. The molecule has 2 N–H and O–H groups in total. The smallest absolute Gasteiger partial charge is 0.344 e. The zero-order valence-corrected chi connectivity index (χ0v) is 18.9. The molecule has 3 aliphatic rings. The number of hydrogen-bond donors (Lipinski definition) is 2. The fourth-order valence-electron chi connectivity index (χ4n) is 6.95. The largest absolute Gasteiger partial charge is 0.508 e. The molecule has 5 heteroatoms. The van der Waals surface area contributed by atoms with Crippen molar-refractivity contribution in [3.63, 3.8) is 0 Å². The molecular weight excluding hydrogens is 402 g/mol. The van der Waals surface area contributed by atoms with E-state index < -0.39 is 0 Å². The Kier molecular flexibility index (Phi) is 5.70. The summed E-state index contributed by atoms with van der Waals surface area (Å²) in [5, 5.41) is 19.0. The fourth-order valence-corrected chi connectivity index (χ4v) is 6.95. The summed E-state index contributed by atoms with van der Waals surface area (Å²) in [6, 6.07) is 9.61. The van der Waals surface area contributed by atoms with Crippen LogP contribution in [0.25, 0.3) is 0 Å². The van der Waals surface area contributed by atoms with E-state index in [-0.39, 0.29) is 24.1 Å². The number of aryl methyl sites for hydroxylation is 2. The maximum Gasteiger partial charge on any atom is 0.344 e. The van der Waals surface area contributed by atoms with Gasteiger partial charge >= 0.3 is 5.97 Å². The molecule has 3 aliphatic carbocycles. The van der Waals surface area contributed by atoms with Gasteiger partial charge in [0.25, 0.3) is 0 Å². The number of aromatic nitrogens is 1. The molecule has 5 atom stereocenters. The van der Waals surface area contributed by atoms with Crippen LogP contribution in [-0.4, -0.2) is 28.9 Å². The Hall–Kier alpha value is -2.40. The summed E-state index contributed by atoms with van der Waals surface area (Å²) < 4.78 is 8.10. The molecule has 5 rings (SSSR count). The van der Waals surface area contributed by atoms with Gasteiger partial charge in [0.15, 0.2) is 18.9 Å². The number of carbonyl (C=O) groups is 1. The number of phenolic OH excluding ortho intramolecular Hbond substituents is 1. The van der Waals surface area contributed by atoms with Crippen molar-refractivity contribution >= 4 is 5.97 Å². The summed E-state index contributed by atoms with van der Waals surface area (Å²) in [5.41, 5.74) is 3.36. The number of aliphatic hydroxyl groups is 1. The van der Waals surface area contributed by atoms with E-state index in [1.165, 1.54) is 11.1 Å². The highest BCUT2D eigenvalue weighted by Gasteiger charge is 2.56. The monoisotopic (exact) mass is 436 g/mol. The Morgan fingerprint density at radius 2 is 2.09 bits per heavy atom. The number of fused-ring (bicyclic) bond motifs is 5. The van der Waals surface area contributed by atoms with Gasteiger partial charge in [0.2, 0.25) is 0 Å². The minimum atomic E-state index is -0.234. The Bertz CT molecular complexity index is 1000. The predicted octanol–water partition coefficient (Wildman–Crippen LogP) is 4.14. The van der Waals surface area contributed by atoms with E-state index in [4.69, 9.17) is 9.84 Å². The first-order chi connectivity index (χ1) is 15.5. The van der Waals surface area contributed by atoms with Gasteiger partial charge in [-0.25, -0.2) is 9.36 Å². The maximum absolute atomic E-state index is 13.0. The molecular formula is C27H34NO4+. The van der Waals surface area contributed by atoms with Gasteiger partial charge in [-0.05, 0) is 85.6 Å². The summed E-state index contributed by atoms with van der Waals surface area (Å²) in [5.74, 6) is 1.90. The molecule has 0 radical (unpaired) electrons.